The fraction of sp³-hybridized carbons (Fsp3) is 0.357. The molecule has 0 aliphatic rings. The van der Waals surface area contributed by atoms with Gasteiger partial charge in [0, 0.05) is 28.4 Å². The molecule has 0 fully saturated rings. The van der Waals surface area contributed by atoms with Crippen molar-refractivity contribution < 1.29 is 27.5 Å². The highest BCUT2D eigenvalue weighted by Gasteiger charge is 2.46. The molecule has 6 nitrogen and oxygen atoms in total. The summed E-state index contributed by atoms with van der Waals surface area (Å²) in [7, 11) is 2.61. The van der Waals surface area contributed by atoms with Gasteiger partial charge in [0.1, 0.15) is 12.2 Å². The summed E-state index contributed by atoms with van der Waals surface area (Å²) in [6, 6.07) is 29.9. The fourth-order valence-corrected chi connectivity index (χ4v) is 4.40. The lowest BCUT2D eigenvalue weighted by molar-refractivity contribution is -0.0854. The Morgan fingerprint density at radius 3 is 1.51 bits per heavy atom. The lowest BCUT2D eigenvalue weighted by Crippen LogP contribution is -2.51. The zero-order chi connectivity index (χ0) is 25.9. The molecule has 192 valence electrons. The van der Waals surface area contributed by atoms with E-state index in [1.165, 1.54) is 39.6 Å². The summed E-state index contributed by atoms with van der Waals surface area (Å²) >= 11 is 0. The van der Waals surface area contributed by atoms with Crippen LogP contribution in [0.1, 0.15) is 29.7 Å². The molecule has 0 aliphatic carbocycles. The molecule has 1 N–H and O–H groups in total. The average molecular weight is 501 g/mol. The number of hydrogen-bond acceptors (Lipinski definition) is 6. The van der Waals surface area contributed by atoms with E-state index in [1.807, 2.05) is 54.6 Å². The Morgan fingerprint density at radius 1 is 0.714 bits per heavy atom. The SMILES string of the molecule is CCc1ccccc1.COCC(O[Si](OC)(OC)OC)C(O)c1ccccc1.Cc1ccccc1. The predicted molar refractivity (Wildman–Crippen MR) is 142 cm³/mol. The summed E-state index contributed by atoms with van der Waals surface area (Å²) < 4.78 is 26.5. The second kappa shape index (κ2) is 18.0. The Bertz CT molecular complexity index is 867. The van der Waals surface area contributed by atoms with E-state index in [2.05, 4.69) is 50.2 Å². The number of aliphatic hydroxyl groups is 1. The van der Waals surface area contributed by atoms with Crippen molar-refractivity contribution in [2.24, 2.45) is 0 Å². The van der Waals surface area contributed by atoms with Gasteiger partial charge in [-0.15, -0.1) is 0 Å². The highest BCUT2D eigenvalue weighted by atomic mass is 28.4. The van der Waals surface area contributed by atoms with Crippen molar-refractivity contribution in [3.63, 3.8) is 0 Å². The Labute approximate surface area is 211 Å². The van der Waals surface area contributed by atoms with Crippen LogP contribution in [-0.2, 0) is 28.9 Å². The first-order valence-corrected chi connectivity index (χ1v) is 13.2. The van der Waals surface area contributed by atoms with E-state index in [9.17, 15) is 5.11 Å². The van der Waals surface area contributed by atoms with Crippen molar-refractivity contribution in [2.45, 2.75) is 32.5 Å². The minimum Gasteiger partial charge on any atom is -0.386 e. The largest absolute Gasteiger partial charge is 0.679 e. The predicted octanol–water partition coefficient (Wildman–Crippen LogP) is 5.37. The monoisotopic (exact) mass is 500 g/mol. The van der Waals surface area contributed by atoms with Gasteiger partial charge in [-0.2, -0.15) is 0 Å². The van der Waals surface area contributed by atoms with E-state index in [1.54, 1.807) is 0 Å². The van der Waals surface area contributed by atoms with Crippen LogP contribution in [0.15, 0.2) is 91.0 Å². The van der Waals surface area contributed by atoms with Crippen molar-refractivity contribution in [1.82, 2.24) is 0 Å². The van der Waals surface area contributed by atoms with Crippen LogP contribution in [0.3, 0.4) is 0 Å². The number of hydrogen-bond donors (Lipinski definition) is 1. The molecule has 0 heterocycles. The molecule has 2 atom stereocenters. The zero-order valence-electron chi connectivity index (χ0n) is 21.7. The molecule has 0 amide bonds. The molecule has 2 unspecified atom stereocenters. The average Bonchev–Trinajstić information content (AvgIpc) is 2.93. The Kier molecular flexibility index (Phi) is 15.8. The molecule has 0 saturated heterocycles. The quantitative estimate of drug-likeness (QED) is 0.378. The molecular formula is C28H40O6Si. The van der Waals surface area contributed by atoms with Gasteiger partial charge in [0.25, 0.3) is 0 Å². The number of benzene rings is 3. The summed E-state index contributed by atoms with van der Waals surface area (Å²) in [6.45, 7) is 4.43. The lowest BCUT2D eigenvalue weighted by atomic mass is 10.1. The van der Waals surface area contributed by atoms with Gasteiger partial charge in [-0.05, 0) is 24.5 Å². The van der Waals surface area contributed by atoms with Crippen LogP contribution in [0.5, 0.6) is 0 Å². The van der Waals surface area contributed by atoms with Crippen LogP contribution in [0.2, 0.25) is 0 Å². The number of rotatable bonds is 10. The van der Waals surface area contributed by atoms with Crippen molar-refractivity contribution in [1.29, 1.82) is 0 Å². The van der Waals surface area contributed by atoms with Gasteiger partial charge in [-0.3, -0.25) is 0 Å². The van der Waals surface area contributed by atoms with Gasteiger partial charge in [0.05, 0.1) is 6.61 Å². The summed E-state index contributed by atoms with van der Waals surface area (Å²) in [5.41, 5.74) is 3.45. The third-order valence-corrected chi connectivity index (χ3v) is 7.15. The Balaban J connectivity index is 0.000000329. The standard InChI is InChI=1S/C13H22O6Si.C8H10.C7H8/c1-15-10-12(19-20(16-2,17-3)18-4)13(14)11-8-6-5-7-9-11;1-2-8-6-4-3-5-7-8;1-7-5-3-2-4-6-7/h5-9,12-14H,10H2,1-4H3;3-7H,2H2,1H3;2-6H,1H3. The van der Waals surface area contributed by atoms with Crippen molar-refractivity contribution in [3.8, 4) is 0 Å². The topological polar surface area (TPSA) is 66.4 Å². The summed E-state index contributed by atoms with van der Waals surface area (Å²) in [5, 5.41) is 10.4. The van der Waals surface area contributed by atoms with Crippen LogP contribution in [0.25, 0.3) is 0 Å². The fourth-order valence-electron chi connectivity index (χ4n) is 3.05. The maximum absolute atomic E-state index is 10.4. The van der Waals surface area contributed by atoms with Gasteiger partial charge in [0.15, 0.2) is 0 Å². The van der Waals surface area contributed by atoms with E-state index in [4.69, 9.17) is 22.4 Å². The number of aryl methyl sites for hydroxylation is 2. The van der Waals surface area contributed by atoms with Crippen molar-refractivity contribution >= 4 is 9.05 Å². The normalized spacial score (nSPS) is 12.4. The van der Waals surface area contributed by atoms with Gasteiger partial charge in [0.2, 0.25) is 0 Å². The van der Waals surface area contributed by atoms with Gasteiger partial charge < -0.3 is 27.5 Å². The minimum atomic E-state index is -3.25. The number of aliphatic hydroxyl groups excluding tert-OH is 1. The van der Waals surface area contributed by atoms with Crippen LogP contribution < -0.4 is 0 Å². The molecule has 0 aromatic heterocycles. The summed E-state index contributed by atoms with van der Waals surface area (Å²) in [4.78, 5) is 0. The third-order valence-electron chi connectivity index (χ3n) is 5.06. The van der Waals surface area contributed by atoms with Crippen molar-refractivity contribution in [2.75, 3.05) is 35.0 Å². The molecule has 0 saturated carbocycles. The molecule has 0 radical (unpaired) electrons. The van der Waals surface area contributed by atoms with E-state index in [-0.39, 0.29) is 6.61 Å². The molecule has 0 spiro atoms. The smallest absolute Gasteiger partial charge is 0.386 e. The van der Waals surface area contributed by atoms with Gasteiger partial charge >= 0.3 is 9.05 Å². The first-order chi connectivity index (χ1) is 16.9. The lowest BCUT2D eigenvalue weighted by Gasteiger charge is -2.30. The van der Waals surface area contributed by atoms with E-state index < -0.39 is 21.3 Å². The van der Waals surface area contributed by atoms with E-state index in [0.29, 0.717) is 0 Å². The zero-order valence-corrected chi connectivity index (χ0v) is 22.7. The molecular weight excluding hydrogens is 460 g/mol. The van der Waals surface area contributed by atoms with Crippen molar-refractivity contribution in [3.05, 3.63) is 108 Å². The van der Waals surface area contributed by atoms with Crippen LogP contribution >= 0.6 is 0 Å². The molecule has 7 heteroatoms. The van der Waals surface area contributed by atoms with Gasteiger partial charge in [-0.1, -0.05) is 103 Å². The second-order valence-electron chi connectivity index (χ2n) is 7.57. The maximum Gasteiger partial charge on any atom is 0.679 e. The van der Waals surface area contributed by atoms with Crippen LogP contribution in [0, 0.1) is 6.92 Å². The first-order valence-electron chi connectivity index (χ1n) is 11.6. The molecule has 0 aliphatic heterocycles. The molecule has 3 rings (SSSR count). The number of ether oxygens (including phenoxy) is 1. The molecule has 35 heavy (non-hydrogen) atoms. The highest BCUT2D eigenvalue weighted by molar-refractivity contribution is 6.53. The maximum atomic E-state index is 10.4. The van der Waals surface area contributed by atoms with Gasteiger partial charge in [-0.25, -0.2) is 0 Å². The van der Waals surface area contributed by atoms with E-state index in [0.717, 1.165) is 12.0 Å². The Morgan fingerprint density at radius 2 is 1.17 bits per heavy atom. The third kappa shape index (κ3) is 11.7. The van der Waals surface area contributed by atoms with E-state index >= 15 is 0 Å². The summed E-state index contributed by atoms with van der Waals surface area (Å²) in [5.74, 6) is 0. The van der Waals surface area contributed by atoms with Crippen LogP contribution in [-0.4, -0.2) is 55.3 Å². The number of methoxy groups -OCH3 is 1. The molecule has 0 bridgehead atoms. The first kappa shape index (κ1) is 30.7. The highest BCUT2D eigenvalue weighted by Crippen LogP contribution is 2.23. The summed E-state index contributed by atoms with van der Waals surface area (Å²) in [6.07, 6.45) is -0.390. The molecule has 3 aromatic rings. The van der Waals surface area contributed by atoms with Crippen LogP contribution in [0.4, 0.5) is 0 Å². The molecule has 3 aromatic carbocycles. The Hall–Kier alpha value is -2.36. The minimum absolute atomic E-state index is 0.181. The second-order valence-corrected chi connectivity index (χ2v) is 10.0.